The van der Waals surface area contributed by atoms with E-state index in [9.17, 15) is 5.11 Å². The molecule has 0 aromatic carbocycles. The molecule has 1 aromatic rings. The highest BCUT2D eigenvalue weighted by atomic mass is 35.5. The lowest BCUT2D eigenvalue weighted by Gasteiger charge is -2.18. The zero-order valence-corrected chi connectivity index (χ0v) is 22.8. The highest BCUT2D eigenvalue weighted by Gasteiger charge is 2.26. The SMILES string of the molecule is C/C=C\C(C=CN=C(C)C(C)(C)O)c1nc(C2CCOCC2)oc1CC1=CC=C(Cl)CC=C1.CC. The van der Waals surface area contributed by atoms with Gasteiger partial charge in [-0.15, -0.1) is 0 Å². The Balaban J connectivity index is 0.00000210. The van der Waals surface area contributed by atoms with Gasteiger partial charge in [-0.3, -0.25) is 4.99 Å². The summed E-state index contributed by atoms with van der Waals surface area (Å²) in [6, 6.07) is 0. The van der Waals surface area contributed by atoms with E-state index in [4.69, 9.17) is 25.7 Å². The molecule has 2 aliphatic rings. The van der Waals surface area contributed by atoms with Crippen molar-refractivity contribution >= 4 is 17.3 Å². The first-order chi connectivity index (χ1) is 16.8. The lowest BCUT2D eigenvalue weighted by Crippen LogP contribution is -2.28. The minimum absolute atomic E-state index is 0.0878. The molecule has 1 aliphatic carbocycles. The van der Waals surface area contributed by atoms with Crippen molar-refractivity contribution in [1.82, 2.24) is 4.98 Å². The van der Waals surface area contributed by atoms with Gasteiger partial charge in [0.2, 0.25) is 0 Å². The van der Waals surface area contributed by atoms with E-state index in [2.05, 4.69) is 23.2 Å². The average Bonchev–Trinajstić information content (AvgIpc) is 3.15. The van der Waals surface area contributed by atoms with Crippen LogP contribution in [0.3, 0.4) is 0 Å². The average molecular weight is 501 g/mol. The molecule has 3 rings (SSSR count). The minimum atomic E-state index is -0.956. The Labute approximate surface area is 216 Å². The Bertz CT molecular complexity index is 984. The molecule has 0 radical (unpaired) electrons. The quantitative estimate of drug-likeness (QED) is 0.295. The van der Waals surface area contributed by atoms with E-state index < -0.39 is 5.60 Å². The molecule has 1 saturated heterocycles. The van der Waals surface area contributed by atoms with Crippen molar-refractivity contribution in [3.8, 4) is 0 Å². The van der Waals surface area contributed by atoms with E-state index in [0.717, 1.165) is 60.4 Å². The fourth-order valence-corrected chi connectivity index (χ4v) is 3.85. The van der Waals surface area contributed by atoms with Crippen LogP contribution in [0.1, 0.15) is 90.0 Å². The molecule has 1 aromatic heterocycles. The second-order valence-corrected chi connectivity index (χ2v) is 9.54. The summed E-state index contributed by atoms with van der Waals surface area (Å²) in [6.07, 6.45) is 19.2. The molecule has 0 bridgehead atoms. The van der Waals surface area contributed by atoms with Crippen molar-refractivity contribution in [3.63, 3.8) is 0 Å². The third kappa shape index (κ3) is 9.06. The van der Waals surface area contributed by atoms with E-state index in [1.54, 1.807) is 20.0 Å². The molecule has 192 valence electrons. The smallest absolute Gasteiger partial charge is 0.197 e. The Kier molecular flexibility index (Phi) is 11.9. The lowest BCUT2D eigenvalue weighted by molar-refractivity contribution is 0.0792. The number of aliphatic hydroxyl groups is 1. The van der Waals surface area contributed by atoms with E-state index >= 15 is 0 Å². The summed E-state index contributed by atoms with van der Waals surface area (Å²) in [5, 5.41) is 11.0. The normalized spacial score (nSPS) is 18.8. The van der Waals surface area contributed by atoms with Gasteiger partial charge in [-0.2, -0.15) is 0 Å². The van der Waals surface area contributed by atoms with Crippen LogP contribution in [0.15, 0.2) is 68.7 Å². The van der Waals surface area contributed by atoms with Gasteiger partial charge < -0.3 is 14.3 Å². The number of hydrogen-bond donors (Lipinski definition) is 1. The molecule has 1 aliphatic heterocycles. The molecule has 0 spiro atoms. The summed E-state index contributed by atoms with van der Waals surface area (Å²) < 4.78 is 11.9. The fraction of sp³-hybridized carbons (Fsp3) is 0.517. The molecule has 35 heavy (non-hydrogen) atoms. The van der Waals surface area contributed by atoms with Crippen LogP contribution in [0.25, 0.3) is 0 Å². The Morgan fingerprint density at radius 3 is 2.63 bits per heavy atom. The Morgan fingerprint density at radius 2 is 1.97 bits per heavy atom. The van der Waals surface area contributed by atoms with Crippen LogP contribution >= 0.6 is 11.6 Å². The summed E-state index contributed by atoms with van der Waals surface area (Å²) >= 11 is 6.20. The summed E-state index contributed by atoms with van der Waals surface area (Å²) in [7, 11) is 0. The highest BCUT2D eigenvalue weighted by molar-refractivity contribution is 6.29. The molecular formula is C29H41ClN2O3. The van der Waals surface area contributed by atoms with Crippen molar-refractivity contribution in [2.24, 2.45) is 4.99 Å². The Morgan fingerprint density at radius 1 is 1.26 bits per heavy atom. The van der Waals surface area contributed by atoms with E-state index in [-0.39, 0.29) is 11.8 Å². The standard InChI is InChI=1S/C27H35ClN2O3.C2H6/c1-5-7-21(12-15-29-19(2)27(3,4)31)25-24(18-20-8-6-9-23(28)11-10-20)33-26(30-25)22-13-16-32-17-14-22;1-2/h5-8,10-12,15,21-22,31H,9,13-14,16-18H2,1-4H3;1-2H3/b7-5-,15-12?,29-19?;. The maximum Gasteiger partial charge on any atom is 0.197 e. The van der Waals surface area contributed by atoms with Crippen LogP contribution in [-0.4, -0.2) is 34.6 Å². The van der Waals surface area contributed by atoms with Crippen LogP contribution in [0.2, 0.25) is 0 Å². The number of ether oxygens (including phenoxy) is 1. The largest absolute Gasteiger partial charge is 0.445 e. The number of hydrogen-bond acceptors (Lipinski definition) is 5. The maximum atomic E-state index is 10.1. The molecule has 1 fully saturated rings. The van der Waals surface area contributed by atoms with Crippen molar-refractivity contribution in [3.05, 3.63) is 76.7 Å². The maximum absolute atomic E-state index is 10.1. The first-order valence-corrected chi connectivity index (χ1v) is 13.0. The zero-order valence-electron chi connectivity index (χ0n) is 22.1. The number of halogens is 1. The van der Waals surface area contributed by atoms with Gasteiger partial charge in [-0.25, -0.2) is 4.98 Å². The summed E-state index contributed by atoms with van der Waals surface area (Å²) in [6.45, 7) is 12.7. The predicted molar refractivity (Wildman–Crippen MR) is 146 cm³/mol. The summed E-state index contributed by atoms with van der Waals surface area (Å²) in [5.41, 5.74) is 1.72. The van der Waals surface area contributed by atoms with Crippen LogP contribution in [-0.2, 0) is 11.2 Å². The lowest BCUT2D eigenvalue weighted by atomic mass is 9.99. The van der Waals surface area contributed by atoms with Crippen LogP contribution in [0.4, 0.5) is 0 Å². The Hall–Kier alpha value is -2.21. The molecule has 0 saturated carbocycles. The van der Waals surface area contributed by atoms with Crippen LogP contribution < -0.4 is 0 Å². The molecule has 2 heterocycles. The monoisotopic (exact) mass is 500 g/mol. The van der Waals surface area contributed by atoms with Gasteiger partial charge in [0.1, 0.15) is 5.76 Å². The van der Waals surface area contributed by atoms with Crippen LogP contribution in [0.5, 0.6) is 0 Å². The molecule has 5 nitrogen and oxygen atoms in total. The van der Waals surface area contributed by atoms with Crippen LogP contribution in [0, 0.1) is 0 Å². The van der Waals surface area contributed by atoms with Gasteiger partial charge in [0.25, 0.3) is 0 Å². The number of aromatic nitrogens is 1. The number of allylic oxidation sites excluding steroid dienone is 9. The number of rotatable bonds is 8. The third-order valence-electron chi connectivity index (χ3n) is 5.96. The summed E-state index contributed by atoms with van der Waals surface area (Å²) in [5.74, 6) is 1.82. The molecular weight excluding hydrogens is 460 g/mol. The van der Waals surface area contributed by atoms with Gasteiger partial charge in [0.15, 0.2) is 5.89 Å². The zero-order chi connectivity index (χ0) is 25.8. The number of aliphatic imine (C=N–C) groups is 1. The van der Waals surface area contributed by atoms with Gasteiger partial charge in [-0.05, 0) is 52.2 Å². The third-order valence-corrected chi connectivity index (χ3v) is 6.25. The second kappa shape index (κ2) is 14.4. The highest BCUT2D eigenvalue weighted by Crippen LogP contribution is 2.33. The van der Waals surface area contributed by atoms with Gasteiger partial charge in [-0.1, -0.05) is 61.9 Å². The van der Waals surface area contributed by atoms with Crippen molar-refractivity contribution in [2.45, 2.75) is 84.7 Å². The van der Waals surface area contributed by atoms with Crippen molar-refractivity contribution < 1.29 is 14.3 Å². The fourth-order valence-electron chi connectivity index (χ4n) is 3.70. The van der Waals surface area contributed by atoms with E-state index in [1.807, 2.05) is 52.0 Å². The molecule has 1 N–H and O–H groups in total. The number of nitrogens with zero attached hydrogens (tertiary/aromatic N) is 2. The number of oxazole rings is 1. The summed E-state index contributed by atoms with van der Waals surface area (Å²) in [4.78, 5) is 9.43. The molecule has 6 heteroatoms. The van der Waals surface area contributed by atoms with E-state index in [0.29, 0.717) is 12.1 Å². The van der Waals surface area contributed by atoms with Crippen molar-refractivity contribution in [1.29, 1.82) is 0 Å². The minimum Gasteiger partial charge on any atom is -0.445 e. The first-order valence-electron chi connectivity index (χ1n) is 12.6. The topological polar surface area (TPSA) is 67.9 Å². The molecule has 1 unspecified atom stereocenters. The first kappa shape index (κ1) is 29.0. The second-order valence-electron chi connectivity index (χ2n) is 9.05. The van der Waals surface area contributed by atoms with Gasteiger partial charge in [0.05, 0.1) is 11.3 Å². The molecule has 1 atom stereocenters. The molecule has 0 amide bonds. The van der Waals surface area contributed by atoms with Gasteiger partial charge >= 0.3 is 0 Å². The van der Waals surface area contributed by atoms with Gasteiger partial charge in [0, 0.05) is 54.8 Å². The van der Waals surface area contributed by atoms with Crippen molar-refractivity contribution in [2.75, 3.05) is 13.2 Å². The van der Waals surface area contributed by atoms with E-state index in [1.165, 1.54) is 0 Å². The predicted octanol–water partition coefficient (Wildman–Crippen LogP) is 7.55.